The number of sulfonamides is 1. The topological polar surface area (TPSA) is 64.0 Å². The van der Waals surface area contributed by atoms with E-state index in [1.54, 1.807) is 36.7 Å². The molecule has 0 saturated heterocycles. The highest BCUT2D eigenvalue weighted by Crippen LogP contribution is 2.27. The zero-order valence-corrected chi connectivity index (χ0v) is 17.1. The van der Waals surface area contributed by atoms with E-state index < -0.39 is 26.6 Å². The first-order valence-corrected chi connectivity index (χ1v) is 10.3. The summed E-state index contributed by atoms with van der Waals surface area (Å²) in [4.78, 5) is -0.648. The third kappa shape index (κ3) is 4.14. The molecule has 148 valence electrons. The monoisotopic (exact) mass is 445 g/mol. The molecule has 28 heavy (non-hydrogen) atoms. The molecule has 0 unspecified atom stereocenters. The molecule has 1 aromatic heterocycles. The van der Waals surface area contributed by atoms with Gasteiger partial charge in [0.2, 0.25) is 0 Å². The average molecular weight is 446 g/mol. The van der Waals surface area contributed by atoms with Gasteiger partial charge in [0.15, 0.2) is 0 Å². The van der Waals surface area contributed by atoms with Gasteiger partial charge in [0.05, 0.1) is 33.7 Å². The zero-order chi connectivity index (χ0) is 20.6. The summed E-state index contributed by atoms with van der Waals surface area (Å²) < 4.78 is 56.0. The van der Waals surface area contributed by atoms with Crippen LogP contribution >= 0.6 is 23.2 Å². The van der Waals surface area contributed by atoms with Crippen molar-refractivity contribution in [3.05, 3.63) is 75.0 Å². The van der Waals surface area contributed by atoms with Gasteiger partial charge in [0.1, 0.15) is 16.5 Å². The van der Waals surface area contributed by atoms with Crippen LogP contribution in [0.2, 0.25) is 10.0 Å². The highest BCUT2D eigenvalue weighted by Gasteiger charge is 2.23. The Morgan fingerprint density at radius 3 is 2.43 bits per heavy atom. The van der Waals surface area contributed by atoms with Crippen LogP contribution in [0.3, 0.4) is 0 Å². The molecule has 3 aromatic rings. The van der Waals surface area contributed by atoms with E-state index in [-0.39, 0.29) is 5.69 Å². The third-order valence-electron chi connectivity index (χ3n) is 4.12. The Labute approximate surface area is 170 Å². The summed E-state index contributed by atoms with van der Waals surface area (Å²) in [6.45, 7) is 3.63. The number of nitrogens with zero attached hydrogens (tertiary/aromatic N) is 2. The molecule has 0 amide bonds. The number of anilines is 1. The number of nitrogens with one attached hydrogen (secondary N) is 1. The molecule has 0 aliphatic carbocycles. The molecular formula is C18H15Cl2F2N3O2S. The lowest BCUT2D eigenvalue weighted by atomic mass is 10.2. The van der Waals surface area contributed by atoms with Crippen LogP contribution < -0.4 is 4.72 Å². The van der Waals surface area contributed by atoms with Crippen molar-refractivity contribution < 1.29 is 17.2 Å². The van der Waals surface area contributed by atoms with Crippen molar-refractivity contribution >= 4 is 38.9 Å². The molecule has 10 heteroatoms. The van der Waals surface area contributed by atoms with Crippen LogP contribution in [-0.4, -0.2) is 18.2 Å². The predicted molar refractivity (Wildman–Crippen MR) is 104 cm³/mol. The molecule has 1 N–H and O–H groups in total. The maximum absolute atomic E-state index is 13.9. The Kier molecular flexibility index (Phi) is 5.65. The second-order valence-electron chi connectivity index (χ2n) is 6.13. The van der Waals surface area contributed by atoms with Crippen LogP contribution in [0.25, 0.3) is 0 Å². The van der Waals surface area contributed by atoms with Crippen molar-refractivity contribution in [2.75, 3.05) is 4.72 Å². The summed E-state index contributed by atoms with van der Waals surface area (Å²) in [5.41, 5.74) is 1.97. The predicted octanol–water partition coefficient (Wildman–Crippen LogP) is 4.93. The minimum Gasteiger partial charge on any atom is -0.276 e. The van der Waals surface area contributed by atoms with Gasteiger partial charge in [0.25, 0.3) is 10.0 Å². The van der Waals surface area contributed by atoms with Gasteiger partial charge in [-0.25, -0.2) is 17.2 Å². The SMILES string of the molecule is Cc1nn(Cc2ccc(Cl)c(Cl)c2)c(C)c1NS(=O)(=O)c1ccc(F)cc1F. The van der Waals surface area contributed by atoms with E-state index in [0.29, 0.717) is 34.0 Å². The van der Waals surface area contributed by atoms with Gasteiger partial charge in [-0.15, -0.1) is 0 Å². The Morgan fingerprint density at radius 1 is 1.07 bits per heavy atom. The lowest BCUT2D eigenvalue weighted by Crippen LogP contribution is -2.16. The largest absolute Gasteiger partial charge is 0.276 e. The van der Waals surface area contributed by atoms with Crippen LogP contribution in [0.4, 0.5) is 14.5 Å². The van der Waals surface area contributed by atoms with Gasteiger partial charge >= 0.3 is 0 Å². The Bertz CT molecular complexity index is 1160. The van der Waals surface area contributed by atoms with Crippen molar-refractivity contribution in [3.63, 3.8) is 0 Å². The highest BCUT2D eigenvalue weighted by molar-refractivity contribution is 7.92. The summed E-state index contributed by atoms with van der Waals surface area (Å²) in [5.74, 6) is -2.04. The number of aromatic nitrogens is 2. The van der Waals surface area contributed by atoms with Crippen LogP contribution in [0, 0.1) is 25.5 Å². The van der Waals surface area contributed by atoms with Gasteiger partial charge in [-0.05, 0) is 43.7 Å². The van der Waals surface area contributed by atoms with E-state index in [0.717, 1.165) is 17.7 Å². The number of rotatable bonds is 5. The molecule has 1 heterocycles. The van der Waals surface area contributed by atoms with Gasteiger partial charge in [0, 0.05) is 6.07 Å². The number of hydrogen-bond acceptors (Lipinski definition) is 3. The summed E-state index contributed by atoms with van der Waals surface area (Å²) in [6.07, 6.45) is 0. The second kappa shape index (κ2) is 7.69. The molecule has 0 bridgehead atoms. The highest BCUT2D eigenvalue weighted by atomic mass is 35.5. The fourth-order valence-electron chi connectivity index (χ4n) is 2.69. The summed E-state index contributed by atoms with van der Waals surface area (Å²) >= 11 is 11.9. The molecule has 3 rings (SSSR count). The Balaban J connectivity index is 1.92. The molecule has 0 fully saturated rings. The fraction of sp³-hybridized carbons (Fsp3) is 0.167. The van der Waals surface area contributed by atoms with E-state index >= 15 is 0 Å². The fourth-order valence-corrected chi connectivity index (χ4v) is 4.25. The van der Waals surface area contributed by atoms with Crippen molar-refractivity contribution in [2.45, 2.75) is 25.3 Å². The van der Waals surface area contributed by atoms with Crippen LogP contribution in [0.1, 0.15) is 17.0 Å². The van der Waals surface area contributed by atoms with E-state index in [9.17, 15) is 17.2 Å². The first-order chi connectivity index (χ1) is 13.1. The first-order valence-electron chi connectivity index (χ1n) is 8.04. The first kappa shape index (κ1) is 20.6. The molecule has 2 aromatic carbocycles. The quantitative estimate of drug-likeness (QED) is 0.604. The maximum Gasteiger partial charge on any atom is 0.264 e. The lowest BCUT2D eigenvalue weighted by molar-refractivity contribution is 0.551. The minimum atomic E-state index is -4.26. The van der Waals surface area contributed by atoms with Crippen LogP contribution in [0.15, 0.2) is 41.3 Å². The Hall–Kier alpha value is -2.16. The van der Waals surface area contributed by atoms with Crippen molar-refractivity contribution in [1.82, 2.24) is 9.78 Å². The number of halogens is 4. The normalized spacial score (nSPS) is 11.6. The molecular weight excluding hydrogens is 431 g/mol. The van der Waals surface area contributed by atoms with Crippen molar-refractivity contribution in [2.24, 2.45) is 0 Å². The van der Waals surface area contributed by atoms with E-state index in [4.69, 9.17) is 23.2 Å². The maximum atomic E-state index is 13.9. The van der Waals surface area contributed by atoms with Gasteiger partial charge in [-0.2, -0.15) is 5.10 Å². The van der Waals surface area contributed by atoms with E-state index in [1.807, 2.05) is 0 Å². The zero-order valence-electron chi connectivity index (χ0n) is 14.8. The molecule has 0 aliphatic rings. The molecule has 0 aliphatic heterocycles. The summed E-state index contributed by atoms with van der Waals surface area (Å²) in [6, 6.07) is 7.40. The number of hydrogen-bond donors (Lipinski definition) is 1. The van der Waals surface area contributed by atoms with Crippen molar-refractivity contribution in [3.8, 4) is 0 Å². The van der Waals surface area contributed by atoms with Gasteiger partial charge in [-0.3, -0.25) is 9.40 Å². The van der Waals surface area contributed by atoms with Crippen molar-refractivity contribution in [1.29, 1.82) is 0 Å². The summed E-state index contributed by atoms with van der Waals surface area (Å²) in [7, 11) is -4.26. The Morgan fingerprint density at radius 2 is 1.79 bits per heavy atom. The van der Waals surface area contributed by atoms with Crippen LogP contribution in [-0.2, 0) is 16.6 Å². The number of aryl methyl sites for hydroxylation is 1. The average Bonchev–Trinajstić information content (AvgIpc) is 2.85. The lowest BCUT2D eigenvalue weighted by Gasteiger charge is -2.10. The van der Waals surface area contributed by atoms with Crippen LogP contribution in [0.5, 0.6) is 0 Å². The van der Waals surface area contributed by atoms with Gasteiger partial charge < -0.3 is 0 Å². The smallest absolute Gasteiger partial charge is 0.264 e. The van der Waals surface area contributed by atoms with Gasteiger partial charge in [-0.1, -0.05) is 29.3 Å². The third-order valence-corrected chi connectivity index (χ3v) is 6.24. The second-order valence-corrected chi connectivity index (χ2v) is 8.60. The van der Waals surface area contributed by atoms with E-state index in [2.05, 4.69) is 9.82 Å². The molecule has 0 atom stereocenters. The molecule has 0 radical (unpaired) electrons. The standard InChI is InChI=1S/C18H15Cl2F2N3O2S/c1-10-18(24-28(26,27)17-6-4-13(21)8-16(17)22)11(2)25(23-10)9-12-3-5-14(19)15(20)7-12/h3-8,24H,9H2,1-2H3. The number of benzene rings is 2. The minimum absolute atomic E-state index is 0.226. The summed E-state index contributed by atoms with van der Waals surface area (Å²) in [5, 5.41) is 5.15. The molecule has 0 spiro atoms. The molecule has 5 nitrogen and oxygen atoms in total. The van der Waals surface area contributed by atoms with E-state index in [1.165, 1.54) is 0 Å². The molecule has 0 saturated carbocycles.